The summed E-state index contributed by atoms with van der Waals surface area (Å²) in [6.07, 6.45) is 0.841. The van der Waals surface area contributed by atoms with Crippen LogP contribution in [0.4, 0.5) is 0 Å². The Labute approximate surface area is 84.2 Å². The van der Waals surface area contributed by atoms with Gasteiger partial charge in [-0.2, -0.15) is 0 Å². The summed E-state index contributed by atoms with van der Waals surface area (Å²) >= 11 is 1.86. The van der Waals surface area contributed by atoms with E-state index in [1.54, 1.807) is 6.92 Å². The molecule has 0 aromatic heterocycles. The van der Waals surface area contributed by atoms with E-state index in [0.717, 1.165) is 11.3 Å². The Balaban J connectivity index is 2.59. The van der Waals surface area contributed by atoms with Crippen LogP contribution in [-0.4, -0.2) is 10.9 Å². The Bertz CT molecular complexity index is 241. The Morgan fingerprint density at radius 2 is 1.92 bits per heavy atom. The van der Waals surface area contributed by atoms with Crippen molar-refractivity contribution >= 4 is 11.8 Å². The zero-order valence-electron chi connectivity index (χ0n) is 8.16. The number of aliphatic hydroxyl groups is 1. The molecule has 0 amide bonds. The normalized spacial score (nSPS) is 12.8. The number of benzene rings is 1. The minimum Gasteiger partial charge on any atom is -0.389 e. The van der Waals surface area contributed by atoms with Crippen molar-refractivity contribution in [1.29, 1.82) is 0 Å². The second-order valence-electron chi connectivity index (χ2n) is 3.09. The molecule has 0 heterocycles. The maximum Gasteiger partial charge on any atom is 0.0761 e. The van der Waals surface area contributed by atoms with Gasteiger partial charge >= 0.3 is 0 Å². The van der Waals surface area contributed by atoms with Gasteiger partial charge in [0.1, 0.15) is 0 Å². The Kier molecular flexibility index (Phi) is 4.33. The second kappa shape index (κ2) is 5.30. The lowest BCUT2D eigenvalue weighted by atomic mass is 10.1. The van der Waals surface area contributed by atoms with Crippen LogP contribution in [0.5, 0.6) is 0 Å². The highest BCUT2D eigenvalue weighted by molar-refractivity contribution is 7.99. The molecule has 0 spiro atoms. The van der Waals surface area contributed by atoms with Crippen molar-refractivity contribution in [3.05, 3.63) is 29.8 Å². The van der Waals surface area contributed by atoms with Gasteiger partial charge in [0.25, 0.3) is 0 Å². The summed E-state index contributed by atoms with van der Waals surface area (Å²) < 4.78 is 0. The lowest BCUT2D eigenvalue weighted by Crippen LogP contribution is -1.89. The smallest absolute Gasteiger partial charge is 0.0761 e. The van der Waals surface area contributed by atoms with Crippen molar-refractivity contribution < 1.29 is 5.11 Å². The average molecular weight is 196 g/mol. The van der Waals surface area contributed by atoms with Crippen molar-refractivity contribution in [1.82, 2.24) is 0 Å². The summed E-state index contributed by atoms with van der Waals surface area (Å²) in [4.78, 5) is 1.28. The minimum absolute atomic E-state index is 0.356. The van der Waals surface area contributed by atoms with Crippen LogP contribution in [0.15, 0.2) is 29.2 Å². The summed E-state index contributed by atoms with van der Waals surface area (Å²) in [5.74, 6) is 1.16. The molecule has 1 N–H and O–H groups in total. The number of hydrogen-bond donors (Lipinski definition) is 1. The second-order valence-corrected chi connectivity index (χ2v) is 4.26. The third kappa shape index (κ3) is 3.41. The lowest BCUT2D eigenvalue weighted by Gasteiger charge is -2.05. The van der Waals surface area contributed by atoms with Crippen LogP contribution in [0.2, 0.25) is 0 Å². The standard InChI is InChI=1S/C11H16OS/c1-3-8-13-11-6-4-10(5-7-11)9(2)12/h4-7,9,12H,3,8H2,1-2H3. The first-order valence-electron chi connectivity index (χ1n) is 4.65. The fraction of sp³-hybridized carbons (Fsp3) is 0.455. The van der Waals surface area contributed by atoms with E-state index in [4.69, 9.17) is 0 Å². The molecule has 72 valence electrons. The maximum atomic E-state index is 9.28. The first kappa shape index (κ1) is 10.6. The fourth-order valence-electron chi connectivity index (χ4n) is 1.06. The molecule has 2 heteroatoms. The molecule has 1 rings (SSSR count). The van der Waals surface area contributed by atoms with Crippen LogP contribution in [0.25, 0.3) is 0 Å². The van der Waals surface area contributed by atoms with Gasteiger partial charge in [-0.05, 0) is 36.8 Å². The fourth-order valence-corrected chi connectivity index (χ4v) is 1.83. The van der Waals surface area contributed by atoms with Crippen LogP contribution in [0.3, 0.4) is 0 Å². The van der Waals surface area contributed by atoms with E-state index >= 15 is 0 Å². The van der Waals surface area contributed by atoms with E-state index in [1.807, 2.05) is 23.9 Å². The first-order chi connectivity index (χ1) is 6.24. The summed E-state index contributed by atoms with van der Waals surface area (Å²) in [7, 11) is 0. The molecule has 0 bridgehead atoms. The number of rotatable bonds is 4. The minimum atomic E-state index is -0.356. The molecule has 1 nitrogen and oxygen atoms in total. The van der Waals surface area contributed by atoms with Crippen LogP contribution >= 0.6 is 11.8 Å². The SMILES string of the molecule is CCCSc1ccc(C(C)O)cc1. The van der Waals surface area contributed by atoms with Crippen LogP contribution in [-0.2, 0) is 0 Å². The van der Waals surface area contributed by atoms with Crippen molar-refractivity contribution in [3.8, 4) is 0 Å². The lowest BCUT2D eigenvalue weighted by molar-refractivity contribution is 0.199. The predicted molar refractivity (Wildman–Crippen MR) is 58.1 cm³/mol. The van der Waals surface area contributed by atoms with E-state index in [1.165, 1.54) is 11.3 Å². The maximum absolute atomic E-state index is 9.28. The molecule has 0 aliphatic carbocycles. The van der Waals surface area contributed by atoms with Crippen LogP contribution in [0.1, 0.15) is 31.9 Å². The monoisotopic (exact) mass is 196 g/mol. The summed E-state index contributed by atoms with van der Waals surface area (Å²) in [6, 6.07) is 8.12. The molecule has 1 aromatic rings. The van der Waals surface area contributed by atoms with Gasteiger partial charge in [-0.15, -0.1) is 11.8 Å². The van der Waals surface area contributed by atoms with Crippen molar-refractivity contribution in [2.75, 3.05) is 5.75 Å². The summed E-state index contributed by atoms with van der Waals surface area (Å²) in [6.45, 7) is 3.96. The highest BCUT2D eigenvalue weighted by atomic mass is 32.2. The topological polar surface area (TPSA) is 20.2 Å². The van der Waals surface area contributed by atoms with E-state index in [2.05, 4.69) is 19.1 Å². The van der Waals surface area contributed by atoms with Crippen molar-refractivity contribution in [2.24, 2.45) is 0 Å². The zero-order valence-corrected chi connectivity index (χ0v) is 8.97. The summed E-state index contributed by atoms with van der Waals surface area (Å²) in [5, 5.41) is 9.28. The number of aliphatic hydroxyl groups excluding tert-OH is 1. The highest BCUT2D eigenvalue weighted by Crippen LogP contribution is 2.21. The third-order valence-corrected chi connectivity index (χ3v) is 3.05. The molecule has 0 aliphatic heterocycles. The largest absolute Gasteiger partial charge is 0.389 e. The van der Waals surface area contributed by atoms with E-state index in [9.17, 15) is 5.11 Å². The van der Waals surface area contributed by atoms with Gasteiger partial charge in [-0.3, -0.25) is 0 Å². The van der Waals surface area contributed by atoms with Gasteiger partial charge < -0.3 is 5.11 Å². The van der Waals surface area contributed by atoms with Gasteiger partial charge in [0.15, 0.2) is 0 Å². The van der Waals surface area contributed by atoms with Gasteiger partial charge in [-0.1, -0.05) is 19.1 Å². The highest BCUT2D eigenvalue weighted by Gasteiger charge is 1.99. The molecular weight excluding hydrogens is 180 g/mol. The summed E-state index contributed by atoms with van der Waals surface area (Å²) in [5.41, 5.74) is 0.987. The Hall–Kier alpha value is -0.470. The van der Waals surface area contributed by atoms with Gasteiger partial charge in [-0.25, -0.2) is 0 Å². The molecule has 0 aliphatic rings. The number of thioether (sulfide) groups is 1. The van der Waals surface area contributed by atoms with Gasteiger partial charge in [0.05, 0.1) is 6.10 Å². The third-order valence-electron chi connectivity index (χ3n) is 1.84. The predicted octanol–water partition coefficient (Wildman–Crippen LogP) is 3.24. The molecule has 1 atom stereocenters. The van der Waals surface area contributed by atoms with E-state index < -0.39 is 0 Å². The molecule has 1 unspecified atom stereocenters. The average Bonchev–Trinajstić information content (AvgIpc) is 2.15. The van der Waals surface area contributed by atoms with Crippen molar-refractivity contribution in [2.45, 2.75) is 31.3 Å². The van der Waals surface area contributed by atoms with E-state index in [0.29, 0.717) is 0 Å². The Morgan fingerprint density at radius 1 is 1.31 bits per heavy atom. The molecule has 0 saturated carbocycles. The van der Waals surface area contributed by atoms with Crippen molar-refractivity contribution in [3.63, 3.8) is 0 Å². The van der Waals surface area contributed by atoms with Crippen LogP contribution in [0, 0.1) is 0 Å². The molecular formula is C11H16OS. The molecule has 0 fully saturated rings. The van der Waals surface area contributed by atoms with Crippen LogP contribution < -0.4 is 0 Å². The first-order valence-corrected chi connectivity index (χ1v) is 5.63. The van der Waals surface area contributed by atoms with E-state index in [-0.39, 0.29) is 6.10 Å². The Morgan fingerprint density at radius 3 is 2.38 bits per heavy atom. The zero-order chi connectivity index (χ0) is 9.68. The molecule has 13 heavy (non-hydrogen) atoms. The molecule has 0 radical (unpaired) electrons. The number of hydrogen-bond acceptors (Lipinski definition) is 2. The van der Waals surface area contributed by atoms with Gasteiger partial charge in [0, 0.05) is 4.90 Å². The molecule has 0 saturated heterocycles. The van der Waals surface area contributed by atoms with Gasteiger partial charge in [0.2, 0.25) is 0 Å². The molecule has 1 aromatic carbocycles. The quantitative estimate of drug-likeness (QED) is 0.746.